The first-order valence-corrected chi connectivity index (χ1v) is 9.88. The minimum atomic E-state index is 0.544. The van der Waals surface area contributed by atoms with Gasteiger partial charge in [-0.15, -0.1) is 11.3 Å². The van der Waals surface area contributed by atoms with Crippen LogP contribution in [0.1, 0.15) is 68.5 Å². The van der Waals surface area contributed by atoms with Gasteiger partial charge in [0, 0.05) is 28.5 Å². The summed E-state index contributed by atoms with van der Waals surface area (Å²) < 4.78 is 0. The van der Waals surface area contributed by atoms with E-state index < -0.39 is 0 Å². The molecule has 0 unspecified atom stereocenters. The number of rotatable bonds is 8. The lowest BCUT2D eigenvalue weighted by molar-refractivity contribution is 0.589. The quantitative estimate of drug-likeness (QED) is 0.748. The molecule has 0 atom stereocenters. The third kappa shape index (κ3) is 5.05. The molecule has 0 saturated heterocycles. The molecule has 1 aliphatic carbocycles. The molecule has 1 N–H and O–H groups in total. The van der Waals surface area contributed by atoms with Crippen LogP contribution in [0.25, 0.3) is 0 Å². The van der Waals surface area contributed by atoms with Crippen LogP contribution in [0, 0.1) is 0 Å². The van der Waals surface area contributed by atoms with E-state index in [1.54, 1.807) is 0 Å². The highest BCUT2D eigenvalue weighted by molar-refractivity contribution is 7.99. The molecule has 2 rings (SSSR count). The van der Waals surface area contributed by atoms with Crippen LogP contribution in [0.3, 0.4) is 0 Å². The molecule has 1 aromatic heterocycles. The Labute approximate surface area is 132 Å². The zero-order valence-corrected chi connectivity index (χ0v) is 14.7. The van der Waals surface area contributed by atoms with E-state index in [0.717, 1.165) is 24.0 Å². The van der Waals surface area contributed by atoms with Gasteiger partial charge in [-0.3, -0.25) is 0 Å². The Balaban J connectivity index is 1.92. The average molecular weight is 313 g/mol. The van der Waals surface area contributed by atoms with Crippen molar-refractivity contribution in [2.75, 3.05) is 0 Å². The van der Waals surface area contributed by atoms with Gasteiger partial charge < -0.3 is 5.32 Å². The lowest BCUT2D eigenvalue weighted by Gasteiger charge is -2.07. The molecule has 4 heteroatoms. The van der Waals surface area contributed by atoms with Gasteiger partial charge in [0.25, 0.3) is 0 Å². The molecule has 20 heavy (non-hydrogen) atoms. The molecule has 1 aromatic rings. The van der Waals surface area contributed by atoms with E-state index in [1.807, 2.05) is 11.3 Å². The Morgan fingerprint density at radius 3 is 2.75 bits per heavy atom. The zero-order valence-electron chi connectivity index (χ0n) is 13.1. The van der Waals surface area contributed by atoms with Crippen LogP contribution in [0.5, 0.6) is 0 Å². The minimum Gasteiger partial charge on any atom is -0.310 e. The highest BCUT2D eigenvalue weighted by atomic mass is 32.2. The fourth-order valence-corrected chi connectivity index (χ4v) is 5.02. The number of nitrogens with zero attached hydrogens (tertiary/aromatic N) is 1. The topological polar surface area (TPSA) is 24.9 Å². The van der Waals surface area contributed by atoms with Crippen LogP contribution in [-0.2, 0) is 18.7 Å². The van der Waals surface area contributed by atoms with Crippen LogP contribution in [0.15, 0.2) is 0 Å². The van der Waals surface area contributed by atoms with Crippen LogP contribution in [-0.4, -0.2) is 16.3 Å². The van der Waals surface area contributed by atoms with Gasteiger partial charge in [-0.1, -0.05) is 40.0 Å². The fourth-order valence-electron chi connectivity index (χ4n) is 2.61. The number of hydrogen-bond donors (Lipinski definition) is 1. The number of thioether (sulfide) groups is 1. The van der Waals surface area contributed by atoms with Crippen molar-refractivity contribution in [3.05, 3.63) is 15.6 Å². The van der Waals surface area contributed by atoms with E-state index >= 15 is 0 Å². The lowest BCUT2D eigenvalue weighted by atomic mass is 10.2. The molecule has 0 bridgehead atoms. The summed E-state index contributed by atoms with van der Waals surface area (Å²) in [6.45, 7) is 7.64. The second-order valence-electron chi connectivity index (χ2n) is 5.98. The van der Waals surface area contributed by atoms with Crippen LogP contribution >= 0.6 is 23.1 Å². The highest BCUT2D eigenvalue weighted by Crippen LogP contribution is 2.33. The van der Waals surface area contributed by atoms with Crippen molar-refractivity contribution in [1.82, 2.24) is 10.3 Å². The van der Waals surface area contributed by atoms with Gasteiger partial charge in [-0.25, -0.2) is 4.98 Å². The zero-order chi connectivity index (χ0) is 14.4. The van der Waals surface area contributed by atoms with Gasteiger partial charge in [0.05, 0.1) is 5.69 Å². The smallest absolute Gasteiger partial charge is 0.103 e. The third-order valence-corrected chi connectivity index (χ3v) is 6.39. The molecule has 1 saturated carbocycles. The third-order valence-electron chi connectivity index (χ3n) is 3.72. The van der Waals surface area contributed by atoms with E-state index in [9.17, 15) is 0 Å². The predicted molar refractivity (Wildman–Crippen MR) is 91.6 cm³/mol. The van der Waals surface area contributed by atoms with Crippen LogP contribution < -0.4 is 5.32 Å². The number of aromatic nitrogens is 1. The number of aryl methyl sites for hydroxylation is 1. The van der Waals surface area contributed by atoms with Gasteiger partial charge in [0.2, 0.25) is 0 Å². The Hall–Kier alpha value is -0.0600. The molecule has 1 aliphatic rings. The van der Waals surface area contributed by atoms with Crippen molar-refractivity contribution in [1.29, 1.82) is 0 Å². The second kappa shape index (κ2) is 8.40. The number of hydrogen-bond acceptors (Lipinski definition) is 4. The van der Waals surface area contributed by atoms with Crippen molar-refractivity contribution in [2.24, 2.45) is 0 Å². The molecular weight excluding hydrogens is 284 g/mol. The molecule has 2 nitrogen and oxygen atoms in total. The summed E-state index contributed by atoms with van der Waals surface area (Å²) in [6, 6.07) is 0.544. The van der Waals surface area contributed by atoms with E-state index in [-0.39, 0.29) is 0 Å². The predicted octanol–water partition coefficient (Wildman–Crippen LogP) is 4.77. The van der Waals surface area contributed by atoms with Crippen molar-refractivity contribution in [3.8, 4) is 0 Å². The normalized spacial score (nSPS) is 16.4. The van der Waals surface area contributed by atoms with Crippen LogP contribution in [0.2, 0.25) is 0 Å². The summed E-state index contributed by atoms with van der Waals surface area (Å²) >= 11 is 4.06. The first kappa shape index (κ1) is 16.3. The van der Waals surface area contributed by atoms with Crippen molar-refractivity contribution in [3.63, 3.8) is 0 Å². The van der Waals surface area contributed by atoms with E-state index in [0.29, 0.717) is 6.04 Å². The van der Waals surface area contributed by atoms with Crippen molar-refractivity contribution < 1.29 is 0 Å². The van der Waals surface area contributed by atoms with E-state index in [1.165, 1.54) is 47.7 Å². The number of thiazole rings is 1. The SMILES string of the molecule is CCCc1nc(CSC2CCCC2)sc1CNC(C)C. The summed E-state index contributed by atoms with van der Waals surface area (Å²) in [5, 5.41) is 5.77. The maximum atomic E-state index is 4.90. The average Bonchev–Trinajstić information content (AvgIpc) is 3.04. The summed E-state index contributed by atoms with van der Waals surface area (Å²) in [6.07, 6.45) is 8.01. The van der Waals surface area contributed by atoms with Crippen molar-refractivity contribution >= 4 is 23.1 Å². The van der Waals surface area contributed by atoms with E-state index in [4.69, 9.17) is 4.98 Å². The standard InChI is InChI=1S/C16H28N2S2/c1-4-7-14-15(10-17-12(2)3)20-16(18-14)11-19-13-8-5-6-9-13/h12-13,17H,4-11H2,1-3H3. The molecule has 0 aliphatic heterocycles. The van der Waals surface area contributed by atoms with Crippen LogP contribution in [0.4, 0.5) is 0 Å². The molecule has 1 heterocycles. The molecule has 0 amide bonds. The Morgan fingerprint density at radius 2 is 2.10 bits per heavy atom. The Bertz CT molecular complexity index is 395. The molecule has 114 valence electrons. The van der Waals surface area contributed by atoms with Gasteiger partial charge >= 0.3 is 0 Å². The lowest BCUT2D eigenvalue weighted by Crippen LogP contribution is -2.21. The maximum Gasteiger partial charge on any atom is 0.103 e. The summed E-state index contributed by atoms with van der Waals surface area (Å²) in [7, 11) is 0. The maximum absolute atomic E-state index is 4.90. The largest absolute Gasteiger partial charge is 0.310 e. The van der Waals surface area contributed by atoms with Gasteiger partial charge in [-0.05, 0) is 19.3 Å². The monoisotopic (exact) mass is 312 g/mol. The Morgan fingerprint density at radius 1 is 1.35 bits per heavy atom. The molecule has 0 spiro atoms. The first-order valence-electron chi connectivity index (χ1n) is 8.01. The van der Waals surface area contributed by atoms with E-state index in [2.05, 4.69) is 37.8 Å². The summed E-state index contributed by atoms with van der Waals surface area (Å²) in [4.78, 5) is 6.36. The molecule has 0 aromatic carbocycles. The van der Waals surface area contributed by atoms with Gasteiger partial charge in [0.1, 0.15) is 5.01 Å². The number of nitrogens with one attached hydrogen (secondary N) is 1. The summed E-state index contributed by atoms with van der Waals surface area (Å²) in [5.74, 6) is 1.12. The van der Waals surface area contributed by atoms with Gasteiger partial charge in [-0.2, -0.15) is 11.8 Å². The highest BCUT2D eigenvalue weighted by Gasteiger charge is 2.17. The summed E-state index contributed by atoms with van der Waals surface area (Å²) in [5.41, 5.74) is 1.34. The molecular formula is C16H28N2S2. The van der Waals surface area contributed by atoms with Crippen molar-refractivity contribution in [2.45, 2.75) is 82.9 Å². The fraction of sp³-hybridized carbons (Fsp3) is 0.812. The minimum absolute atomic E-state index is 0.544. The van der Waals surface area contributed by atoms with Gasteiger partial charge in [0.15, 0.2) is 0 Å². The molecule has 0 radical (unpaired) electrons. The Kier molecular flexibility index (Phi) is 6.85. The molecule has 1 fully saturated rings. The second-order valence-corrected chi connectivity index (χ2v) is 8.44. The first-order chi connectivity index (χ1) is 9.69.